The zero-order chi connectivity index (χ0) is 20.9. The second kappa shape index (κ2) is 9.82. The first-order chi connectivity index (χ1) is 14.0. The summed E-state index contributed by atoms with van der Waals surface area (Å²) in [6, 6.07) is 6.15. The lowest BCUT2D eigenvalue weighted by Crippen LogP contribution is -2.30. The van der Waals surface area contributed by atoms with Crippen LogP contribution in [0.5, 0.6) is 0 Å². The van der Waals surface area contributed by atoms with Gasteiger partial charge in [0.25, 0.3) is 5.91 Å². The van der Waals surface area contributed by atoms with Crippen molar-refractivity contribution in [1.82, 2.24) is 14.6 Å². The highest BCUT2D eigenvalue weighted by atomic mass is 32.2. The predicted octanol–water partition coefficient (Wildman–Crippen LogP) is 3.42. The number of nitrogens with one attached hydrogen (secondary N) is 1. The molecule has 0 spiro atoms. The van der Waals surface area contributed by atoms with Gasteiger partial charge in [-0.2, -0.15) is 4.31 Å². The maximum atomic E-state index is 12.5. The molecule has 0 fully saturated rings. The summed E-state index contributed by atoms with van der Waals surface area (Å²) in [6.07, 6.45) is 6.47. The van der Waals surface area contributed by atoms with Crippen LogP contribution in [0.4, 0.5) is 0 Å². The van der Waals surface area contributed by atoms with Crippen molar-refractivity contribution in [2.24, 2.45) is 0 Å². The molecule has 1 aliphatic rings. The van der Waals surface area contributed by atoms with Crippen LogP contribution in [0.25, 0.3) is 0 Å². The highest BCUT2D eigenvalue weighted by molar-refractivity contribution is 7.89. The Balaban J connectivity index is 1.50. The van der Waals surface area contributed by atoms with Crippen LogP contribution in [-0.4, -0.2) is 43.2 Å². The summed E-state index contributed by atoms with van der Waals surface area (Å²) in [5.41, 5.74) is 1.74. The van der Waals surface area contributed by atoms with Crippen LogP contribution in [0.1, 0.15) is 59.0 Å². The highest BCUT2D eigenvalue weighted by Gasteiger charge is 2.21. The Hall–Kier alpha value is -1.77. The lowest BCUT2D eigenvalue weighted by Gasteiger charge is -2.18. The first-order valence-corrected chi connectivity index (χ1v) is 12.6. The Bertz CT molecular complexity index is 909. The van der Waals surface area contributed by atoms with Gasteiger partial charge in [0, 0.05) is 36.5 Å². The van der Waals surface area contributed by atoms with E-state index in [0.29, 0.717) is 25.2 Å². The summed E-state index contributed by atoms with van der Waals surface area (Å²) >= 11 is 1.82. The molecule has 0 saturated carbocycles. The lowest BCUT2D eigenvalue weighted by atomic mass is 10.0. The van der Waals surface area contributed by atoms with Crippen molar-refractivity contribution in [3.8, 4) is 0 Å². The van der Waals surface area contributed by atoms with Crippen LogP contribution in [0, 0.1) is 0 Å². The lowest BCUT2D eigenvalue weighted by molar-refractivity contribution is 0.0953. The van der Waals surface area contributed by atoms with E-state index in [0.717, 1.165) is 30.7 Å². The molecule has 8 heteroatoms. The minimum atomic E-state index is -3.50. The minimum absolute atomic E-state index is 0.185. The molecule has 0 unspecified atom stereocenters. The van der Waals surface area contributed by atoms with Crippen molar-refractivity contribution in [2.45, 2.75) is 57.3 Å². The zero-order valence-corrected chi connectivity index (χ0v) is 18.7. The number of thiazole rings is 1. The molecule has 1 N–H and O–H groups in total. The number of aryl methyl sites for hydroxylation is 3. The smallest absolute Gasteiger partial charge is 0.251 e. The molecule has 1 aliphatic carbocycles. The SMILES string of the molecule is CCN(CC)S(=O)(=O)c1ccc(C(=O)NCCCc2nc3c(s2)CCCC3)cc1. The van der Waals surface area contributed by atoms with Gasteiger partial charge in [0.1, 0.15) is 0 Å². The maximum absolute atomic E-state index is 12.5. The van der Waals surface area contributed by atoms with Gasteiger partial charge in [-0.25, -0.2) is 13.4 Å². The molecule has 1 heterocycles. The Morgan fingerprint density at radius 3 is 2.48 bits per heavy atom. The molecule has 3 rings (SSSR count). The molecule has 6 nitrogen and oxygen atoms in total. The fourth-order valence-electron chi connectivity index (χ4n) is 3.55. The number of hydrogen-bond donors (Lipinski definition) is 1. The molecule has 1 amide bonds. The molecular formula is C21H29N3O3S2. The Morgan fingerprint density at radius 1 is 1.14 bits per heavy atom. The molecule has 29 heavy (non-hydrogen) atoms. The molecule has 2 aromatic rings. The predicted molar refractivity (Wildman–Crippen MR) is 116 cm³/mol. The van der Waals surface area contributed by atoms with Crippen LogP contribution < -0.4 is 5.32 Å². The van der Waals surface area contributed by atoms with Gasteiger partial charge in [0.2, 0.25) is 10.0 Å². The summed E-state index contributed by atoms with van der Waals surface area (Å²) in [5.74, 6) is -0.185. The number of aromatic nitrogens is 1. The number of sulfonamides is 1. The van der Waals surface area contributed by atoms with E-state index in [4.69, 9.17) is 4.98 Å². The van der Waals surface area contributed by atoms with E-state index >= 15 is 0 Å². The summed E-state index contributed by atoms with van der Waals surface area (Å²) in [7, 11) is -3.50. The van der Waals surface area contributed by atoms with E-state index in [1.807, 2.05) is 25.2 Å². The third-order valence-corrected chi connectivity index (χ3v) is 8.48. The summed E-state index contributed by atoms with van der Waals surface area (Å²) in [6.45, 7) is 5.03. The van der Waals surface area contributed by atoms with E-state index in [-0.39, 0.29) is 10.8 Å². The highest BCUT2D eigenvalue weighted by Crippen LogP contribution is 2.27. The van der Waals surface area contributed by atoms with Gasteiger partial charge >= 0.3 is 0 Å². The van der Waals surface area contributed by atoms with Crippen molar-refractivity contribution < 1.29 is 13.2 Å². The fourth-order valence-corrected chi connectivity index (χ4v) is 6.20. The van der Waals surface area contributed by atoms with Crippen molar-refractivity contribution in [2.75, 3.05) is 19.6 Å². The largest absolute Gasteiger partial charge is 0.352 e. The quantitative estimate of drug-likeness (QED) is 0.612. The van der Waals surface area contributed by atoms with Gasteiger partial charge in [-0.05, 0) is 56.4 Å². The van der Waals surface area contributed by atoms with E-state index in [2.05, 4.69) is 5.32 Å². The molecule has 158 valence electrons. The average molecular weight is 436 g/mol. The van der Waals surface area contributed by atoms with Crippen molar-refractivity contribution >= 4 is 27.3 Å². The van der Waals surface area contributed by atoms with E-state index < -0.39 is 10.0 Å². The number of carbonyl (C=O) groups excluding carboxylic acids is 1. The number of fused-ring (bicyclic) bond motifs is 1. The standard InChI is InChI=1S/C21H29N3O3S2/c1-3-24(4-2)29(26,27)17-13-11-16(12-14-17)21(25)22-15-7-10-20-23-18-8-5-6-9-19(18)28-20/h11-14H,3-10,15H2,1-2H3,(H,22,25). The minimum Gasteiger partial charge on any atom is -0.352 e. The fraction of sp³-hybridized carbons (Fsp3) is 0.524. The third kappa shape index (κ3) is 5.24. The number of amides is 1. The number of nitrogens with zero attached hydrogens (tertiary/aromatic N) is 2. The van der Waals surface area contributed by atoms with Gasteiger partial charge in [-0.15, -0.1) is 11.3 Å². The molecule has 1 aromatic carbocycles. The maximum Gasteiger partial charge on any atom is 0.251 e. The first-order valence-electron chi connectivity index (χ1n) is 10.3. The molecule has 0 bridgehead atoms. The van der Waals surface area contributed by atoms with Crippen molar-refractivity contribution in [3.05, 3.63) is 45.4 Å². The average Bonchev–Trinajstić information content (AvgIpc) is 3.14. The summed E-state index contributed by atoms with van der Waals surface area (Å²) < 4.78 is 26.4. The number of benzene rings is 1. The summed E-state index contributed by atoms with van der Waals surface area (Å²) in [4.78, 5) is 18.7. The normalized spacial score (nSPS) is 14.0. The van der Waals surface area contributed by atoms with Crippen LogP contribution in [-0.2, 0) is 29.3 Å². The third-order valence-electron chi connectivity index (χ3n) is 5.20. The molecular weight excluding hydrogens is 406 g/mol. The monoisotopic (exact) mass is 435 g/mol. The second-order valence-electron chi connectivity index (χ2n) is 7.16. The van der Waals surface area contributed by atoms with Gasteiger partial charge in [-0.3, -0.25) is 4.79 Å². The molecule has 0 aliphatic heterocycles. The van der Waals surface area contributed by atoms with Crippen molar-refractivity contribution in [1.29, 1.82) is 0 Å². The zero-order valence-electron chi connectivity index (χ0n) is 17.1. The van der Waals surface area contributed by atoms with Crippen LogP contribution in [0.3, 0.4) is 0 Å². The molecule has 0 saturated heterocycles. The number of carbonyl (C=O) groups is 1. The van der Waals surface area contributed by atoms with Gasteiger partial charge in [-0.1, -0.05) is 13.8 Å². The molecule has 0 atom stereocenters. The van der Waals surface area contributed by atoms with Crippen LogP contribution >= 0.6 is 11.3 Å². The van der Waals surface area contributed by atoms with E-state index in [1.54, 1.807) is 12.1 Å². The topological polar surface area (TPSA) is 79.4 Å². The number of rotatable bonds is 9. The Kier molecular flexibility index (Phi) is 7.43. The Morgan fingerprint density at radius 2 is 1.83 bits per heavy atom. The van der Waals surface area contributed by atoms with Gasteiger partial charge < -0.3 is 5.32 Å². The van der Waals surface area contributed by atoms with E-state index in [1.165, 1.54) is 39.9 Å². The second-order valence-corrected chi connectivity index (χ2v) is 10.3. The van der Waals surface area contributed by atoms with Gasteiger partial charge in [0.15, 0.2) is 0 Å². The summed E-state index contributed by atoms with van der Waals surface area (Å²) in [5, 5.41) is 4.08. The molecule has 1 aromatic heterocycles. The van der Waals surface area contributed by atoms with E-state index in [9.17, 15) is 13.2 Å². The van der Waals surface area contributed by atoms with Gasteiger partial charge in [0.05, 0.1) is 15.6 Å². The molecule has 0 radical (unpaired) electrons. The first kappa shape index (κ1) is 21.9. The van der Waals surface area contributed by atoms with Crippen LogP contribution in [0.15, 0.2) is 29.2 Å². The van der Waals surface area contributed by atoms with Crippen molar-refractivity contribution in [3.63, 3.8) is 0 Å². The Labute approximate surface area is 177 Å². The van der Waals surface area contributed by atoms with Crippen LogP contribution in [0.2, 0.25) is 0 Å². The number of hydrogen-bond acceptors (Lipinski definition) is 5.